The van der Waals surface area contributed by atoms with Gasteiger partial charge in [-0.1, -0.05) is 23.7 Å². The lowest BCUT2D eigenvalue weighted by molar-refractivity contribution is 0.477. The number of phenols is 1. The zero-order valence-corrected chi connectivity index (χ0v) is 9.52. The summed E-state index contributed by atoms with van der Waals surface area (Å²) in [7, 11) is 0. The minimum Gasteiger partial charge on any atom is -0.507 e. The minimum absolute atomic E-state index is 0.0284. The van der Waals surface area contributed by atoms with E-state index in [1.165, 1.54) is 6.07 Å². The molecule has 1 aromatic heterocycles. The van der Waals surface area contributed by atoms with Crippen molar-refractivity contribution in [3.8, 4) is 17.0 Å². The summed E-state index contributed by atoms with van der Waals surface area (Å²) in [6, 6.07) is 6.54. The van der Waals surface area contributed by atoms with Crippen LogP contribution in [0, 0.1) is 4.77 Å². The minimum atomic E-state index is -0.483. The molecule has 0 spiro atoms. The molecule has 0 aliphatic rings. The van der Waals surface area contributed by atoms with Gasteiger partial charge in [0.1, 0.15) is 10.8 Å². The Morgan fingerprint density at radius 2 is 1.94 bits per heavy atom. The van der Waals surface area contributed by atoms with E-state index in [4.69, 9.17) is 23.8 Å². The molecule has 0 atom stereocenters. The van der Waals surface area contributed by atoms with E-state index >= 15 is 0 Å². The first-order chi connectivity index (χ1) is 7.59. The summed E-state index contributed by atoms with van der Waals surface area (Å²) in [5.74, 6) is 0.0284. The van der Waals surface area contributed by atoms with E-state index in [0.717, 1.165) is 0 Å². The predicted octanol–water partition coefficient (Wildman–Crippen LogP) is 2.46. The highest BCUT2D eigenvalue weighted by atomic mass is 35.5. The first-order valence-electron chi connectivity index (χ1n) is 4.40. The van der Waals surface area contributed by atoms with Crippen LogP contribution < -0.4 is 5.56 Å². The molecule has 0 unspecified atom stereocenters. The van der Waals surface area contributed by atoms with Gasteiger partial charge < -0.3 is 10.1 Å². The molecule has 0 radical (unpaired) electrons. The first kappa shape index (κ1) is 10.9. The molecule has 0 saturated heterocycles. The van der Waals surface area contributed by atoms with Crippen LogP contribution >= 0.6 is 23.8 Å². The topological polar surface area (TPSA) is 68.9 Å². The smallest absolute Gasteiger partial charge is 0.271 e. The van der Waals surface area contributed by atoms with Gasteiger partial charge in [0.25, 0.3) is 5.56 Å². The highest BCUT2D eigenvalue weighted by Gasteiger charge is 2.11. The van der Waals surface area contributed by atoms with Crippen LogP contribution in [0.5, 0.6) is 5.75 Å². The predicted molar refractivity (Wildman–Crippen MR) is 64.4 cm³/mol. The van der Waals surface area contributed by atoms with Crippen LogP contribution in [0.1, 0.15) is 0 Å². The van der Waals surface area contributed by atoms with Gasteiger partial charge in [0.15, 0.2) is 4.77 Å². The fraction of sp³-hybridized carbons (Fsp3) is 0. The van der Waals surface area contributed by atoms with Gasteiger partial charge in [-0.2, -0.15) is 0 Å². The first-order valence-corrected chi connectivity index (χ1v) is 5.18. The highest BCUT2D eigenvalue weighted by molar-refractivity contribution is 7.71. The van der Waals surface area contributed by atoms with E-state index in [9.17, 15) is 9.90 Å². The van der Waals surface area contributed by atoms with Gasteiger partial charge in [-0.3, -0.25) is 9.78 Å². The van der Waals surface area contributed by atoms with E-state index in [0.29, 0.717) is 11.3 Å². The summed E-state index contributed by atoms with van der Waals surface area (Å²) in [6.07, 6.45) is 0. The van der Waals surface area contributed by atoms with Crippen molar-refractivity contribution in [2.75, 3.05) is 0 Å². The van der Waals surface area contributed by atoms with Crippen LogP contribution in [0.15, 0.2) is 29.1 Å². The SMILES string of the molecule is O=c1[nH]c(=S)[nH]c(-c2ccccc2O)c1Cl. The quantitative estimate of drug-likeness (QED) is 0.685. The third-order valence-electron chi connectivity index (χ3n) is 2.06. The Bertz CT molecular complexity index is 648. The Balaban J connectivity index is 2.80. The van der Waals surface area contributed by atoms with Crippen LogP contribution in [-0.2, 0) is 0 Å². The molecule has 3 N–H and O–H groups in total. The molecular formula is C10H7ClN2O2S. The second kappa shape index (κ2) is 4.11. The number of halogens is 1. The molecule has 0 saturated carbocycles. The summed E-state index contributed by atoms with van der Waals surface area (Å²) < 4.78 is 0.160. The van der Waals surface area contributed by atoms with Gasteiger partial charge >= 0.3 is 0 Å². The van der Waals surface area contributed by atoms with Crippen molar-refractivity contribution in [3.63, 3.8) is 0 Å². The third-order valence-corrected chi connectivity index (χ3v) is 2.62. The van der Waals surface area contributed by atoms with E-state index in [1.807, 2.05) is 0 Å². The van der Waals surface area contributed by atoms with Crippen LogP contribution in [0.3, 0.4) is 0 Å². The molecule has 1 aromatic carbocycles. The van der Waals surface area contributed by atoms with Crippen molar-refractivity contribution < 1.29 is 5.11 Å². The molecule has 6 heteroatoms. The Hall–Kier alpha value is -1.59. The van der Waals surface area contributed by atoms with Crippen LogP contribution in [0.4, 0.5) is 0 Å². The Kier molecular flexibility index (Phi) is 2.80. The maximum atomic E-state index is 11.4. The molecule has 4 nitrogen and oxygen atoms in total. The van der Waals surface area contributed by atoms with Crippen molar-refractivity contribution in [3.05, 3.63) is 44.4 Å². The Morgan fingerprint density at radius 3 is 2.62 bits per heavy atom. The van der Waals surface area contributed by atoms with Gasteiger partial charge in [0.2, 0.25) is 0 Å². The lowest BCUT2D eigenvalue weighted by Gasteiger charge is -2.05. The lowest BCUT2D eigenvalue weighted by Crippen LogP contribution is -2.09. The van der Waals surface area contributed by atoms with Crippen molar-refractivity contribution in [1.82, 2.24) is 9.97 Å². The number of phenolic OH excluding ortho intramolecular Hbond substituents is 1. The number of aromatic nitrogens is 2. The molecule has 0 aliphatic heterocycles. The number of nitrogens with one attached hydrogen (secondary N) is 2. The molecule has 0 amide bonds. The Labute approximate surface area is 101 Å². The van der Waals surface area contributed by atoms with Crippen molar-refractivity contribution in [1.29, 1.82) is 0 Å². The fourth-order valence-corrected chi connectivity index (χ4v) is 1.73. The summed E-state index contributed by atoms with van der Waals surface area (Å²) >= 11 is 10.7. The highest BCUT2D eigenvalue weighted by Crippen LogP contribution is 2.29. The molecule has 1 heterocycles. The van der Waals surface area contributed by atoms with Gasteiger partial charge in [-0.25, -0.2) is 0 Å². The van der Waals surface area contributed by atoms with E-state index in [1.54, 1.807) is 18.2 Å². The summed E-state index contributed by atoms with van der Waals surface area (Å²) in [4.78, 5) is 16.5. The summed E-state index contributed by atoms with van der Waals surface area (Å²) in [6.45, 7) is 0. The van der Waals surface area contributed by atoms with Crippen molar-refractivity contribution >= 4 is 23.8 Å². The standard InChI is InChI=1S/C10H7ClN2O2S/c11-7-8(12-10(16)13-9(7)15)5-3-1-2-4-6(5)14/h1-4,14H,(H2,12,13,15,16). The average Bonchev–Trinajstić information content (AvgIpc) is 2.24. The van der Waals surface area contributed by atoms with Crippen LogP contribution in [-0.4, -0.2) is 15.1 Å². The van der Waals surface area contributed by atoms with Gasteiger partial charge in [0, 0.05) is 5.56 Å². The second-order valence-electron chi connectivity index (χ2n) is 3.11. The van der Waals surface area contributed by atoms with Gasteiger partial charge in [0.05, 0.1) is 5.69 Å². The number of hydrogen-bond acceptors (Lipinski definition) is 3. The molecule has 0 fully saturated rings. The van der Waals surface area contributed by atoms with Crippen LogP contribution in [0.25, 0.3) is 11.3 Å². The largest absolute Gasteiger partial charge is 0.507 e. The maximum Gasteiger partial charge on any atom is 0.271 e. The molecule has 0 bridgehead atoms. The van der Waals surface area contributed by atoms with Crippen molar-refractivity contribution in [2.45, 2.75) is 0 Å². The number of aromatic hydroxyl groups is 1. The van der Waals surface area contributed by atoms with Crippen LogP contribution in [0.2, 0.25) is 5.02 Å². The Morgan fingerprint density at radius 1 is 1.25 bits per heavy atom. The average molecular weight is 255 g/mol. The molecular weight excluding hydrogens is 248 g/mol. The molecule has 0 aliphatic carbocycles. The molecule has 16 heavy (non-hydrogen) atoms. The van der Waals surface area contributed by atoms with E-state index in [-0.39, 0.29) is 15.5 Å². The number of H-pyrrole nitrogens is 2. The summed E-state index contributed by atoms with van der Waals surface area (Å²) in [5.41, 5.74) is 0.266. The number of benzene rings is 1. The normalized spacial score (nSPS) is 10.3. The van der Waals surface area contributed by atoms with E-state index in [2.05, 4.69) is 9.97 Å². The van der Waals surface area contributed by atoms with Gasteiger partial charge in [-0.15, -0.1) is 0 Å². The number of para-hydroxylation sites is 1. The zero-order chi connectivity index (χ0) is 11.7. The number of rotatable bonds is 1. The summed E-state index contributed by atoms with van der Waals surface area (Å²) in [5, 5.41) is 9.61. The van der Waals surface area contributed by atoms with E-state index < -0.39 is 5.56 Å². The maximum absolute atomic E-state index is 11.4. The fourth-order valence-electron chi connectivity index (χ4n) is 1.34. The third kappa shape index (κ3) is 1.87. The lowest BCUT2D eigenvalue weighted by atomic mass is 10.1. The molecule has 2 rings (SSSR count). The molecule has 2 aromatic rings. The zero-order valence-electron chi connectivity index (χ0n) is 7.95. The van der Waals surface area contributed by atoms with Crippen molar-refractivity contribution in [2.24, 2.45) is 0 Å². The number of hydrogen-bond donors (Lipinski definition) is 3. The second-order valence-corrected chi connectivity index (χ2v) is 3.90. The van der Waals surface area contributed by atoms with Gasteiger partial charge in [-0.05, 0) is 24.4 Å². The molecule has 82 valence electrons. The number of aromatic amines is 2. The monoisotopic (exact) mass is 254 g/mol.